The molecule has 0 N–H and O–H groups in total. The van der Waals surface area contributed by atoms with Crippen LogP contribution in [-0.2, 0) is 19.3 Å². The van der Waals surface area contributed by atoms with Crippen LogP contribution in [0.25, 0.3) is 0 Å². The van der Waals surface area contributed by atoms with E-state index in [9.17, 15) is 0 Å². The van der Waals surface area contributed by atoms with Gasteiger partial charge in [0, 0.05) is 0 Å². The van der Waals surface area contributed by atoms with E-state index < -0.39 is 0 Å². The van der Waals surface area contributed by atoms with E-state index in [0.29, 0.717) is 5.41 Å². The van der Waals surface area contributed by atoms with E-state index in [1.54, 1.807) is 11.1 Å². The second kappa shape index (κ2) is 4.52. The van der Waals surface area contributed by atoms with Crippen LogP contribution in [0.5, 0.6) is 0 Å². The van der Waals surface area contributed by atoms with Crippen LogP contribution in [-0.4, -0.2) is 0 Å². The normalized spacial score (nSPS) is 16.4. The SMILES string of the molecule is Cc1cc(C)cc(CC2(C)Cc3ccccc3C2)c1. The molecule has 0 spiro atoms. The van der Waals surface area contributed by atoms with E-state index in [1.807, 2.05) is 0 Å². The van der Waals surface area contributed by atoms with Gasteiger partial charge in [0.15, 0.2) is 0 Å². The molecule has 98 valence electrons. The maximum absolute atomic E-state index is 2.44. The Bertz CT molecular complexity index is 562. The second-order valence-corrected chi connectivity index (χ2v) is 6.61. The predicted molar refractivity (Wildman–Crippen MR) is 81.6 cm³/mol. The number of rotatable bonds is 2. The summed E-state index contributed by atoms with van der Waals surface area (Å²) in [5, 5.41) is 0. The highest BCUT2D eigenvalue weighted by atomic mass is 14.4. The molecule has 0 aliphatic heterocycles. The predicted octanol–water partition coefficient (Wildman–Crippen LogP) is 4.65. The van der Waals surface area contributed by atoms with Crippen LogP contribution < -0.4 is 0 Å². The summed E-state index contributed by atoms with van der Waals surface area (Å²) in [6.07, 6.45) is 3.62. The molecule has 0 nitrogen and oxygen atoms in total. The Morgan fingerprint density at radius 3 is 1.95 bits per heavy atom. The van der Waals surface area contributed by atoms with E-state index in [1.165, 1.54) is 36.0 Å². The topological polar surface area (TPSA) is 0 Å². The van der Waals surface area contributed by atoms with Gasteiger partial charge in [0.25, 0.3) is 0 Å². The Labute approximate surface area is 116 Å². The molecule has 0 saturated carbocycles. The maximum atomic E-state index is 2.44. The fourth-order valence-electron chi connectivity index (χ4n) is 3.67. The Kier molecular flexibility index (Phi) is 2.97. The van der Waals surface area contributed by atoms with Crippen molar-refractivity contribution in [2.75, 3.05) is 0 Å². The third kappa shape index (κ3) is 2.58. The molecule has 0 heteroatoms. The lowest BCUT2D eigenvalue weighted by Gasteiger charge is -2.24. The van der Waals surface area contributed by atoms with Crippen molar-refractivity contribution in [3.05, 3.63) is 70.3 Å². The first-order chi connectivity index (χ1) is 9.04. The number of fused-ring (bicyclic) bond motifs is 1. The van der Waals surface area contributed by atoms with Crippen LogP contribution >= 0.6 is 0 Å². The van der Waals surface area contributed by atoms with Crippen LogP contribution in [0.1, 0.15) is 34.7 Å². The summed E-state index contributed by atoms with van der Waals surface area (Å²) in [6.45, 7) is 6.83. The van der Waals surface area contributed by atoms with Crippen molar-refractivity contribution in [2.45, 2.75) is 40.0 Å². The Morgan fingerprint density at radius 1 is 0.895 bits per heavy atom. The van der Waals surface area contributed by atoms with Crippen molar-refractivity contribution >= 4 is 0 Å². The van der Waals surface area contributed by atoms with Gasteiger partial charge in [-0.15, -0.1) is 0 Å². The maximum Gasteiger partial charge on any atom is -0.0204 e. The van der Waals surface area contributed by atoms with E-state index in [0.717, 1.165) is 0 Å². The molecule has 0 bridgehead atoms. The van der Waals surface area contributed by atoms with Crippen molar-refractivity contribution in [3.8, 4) is 0 Å². The molecule has 0 heterocycles. The standard InChI is InChI=1S/C19H22/c1-14-8-15(2)10-16(9-14)11-19(3)12-17-6-4-5-7-18(17)13-19/h4-10H,11-13H2,1-3H3. The van der Waals surface area contributed by atoms with Crippen molar-refractivity contribution in [3.63, 3.8) is 0 Å². The Balaban J connectivity index is 1.85. The minimum atomic E-state index is 0.393. The summed E-state index contributed by atoms with van der Waals surface area (Å²) in [6, 6.07) is 15.9. The molecule has 0 atom stereocenters. The molecule has 0 radical (unpaired) electrons. The zero-order valence-electron chi connectivity index (χ0n) is 12.2. The number of hydrogen-bond donors (Lipinski definition) is 0. The molecule has 0 amide bonds. The average Bonchev–Trinajstić information content (AvgIpc) is 2.62. The van der Waals surface area contributed by atoms with Gasteiger partial charge in [-0.25, -0.2) is 0 Å². The van der Waals surface area contributed by atoms with Gasteiger partial charge in [-0.3, -0.25) is 0 Å². The summed E-state index contributed by atoms with van der Waals surface area (Å²) in [4.78, 5) is 0. The summed E-state index contributed by atoms with van der Waals surface area (Å²) in [5.41, 5.74) is 7.75. The third-order valence-corrected chi connectivity index (χ3v) is 4.27. The van der Waals surface area contributed by atoms with Crippen LogP contribution in [0.15, 0.2) is 42.5 Å². The Morgan fingerprint density at radius 2 is 1.42 bits per heavy atom. The highest BCUT2D eigenvalue weighted by molar-refractivity contribution is 5.36. The van der Waals surface area contributed by atoms with Gasteiger partial charge in [-0.2, -0.15) is 0 Å². The first-order valence-corrected chi connectivity index (χ1v) is 7.18. The third-order valence-electron chi connectivity index (χ3n) is 4.27. The zero-order chi connectivity index (χ0) is 13.5. The molecule has 19 heavy (non-hydrogen) atoms. The lowest BCUT2D eigenvalue weighted by Crippen LogP contribution is -2.20. The zero-order valence-corrected chi connectivity index (χ0v) is 12.2. The molecule has 2 aromatic carbocycles. The van der Waals surface area contributed by atoms with Crippen molar-refractivity contribution < 1.29 is 0 Å². The van der Waals surface area contributed by atoms with Gasteiger partial charge in [-0.1, -0.05) is 60.5 Å². The molecule has 1 aliphatic rings. The van der Waals surface area contributed by atoms with E-state index in [-0.39, 0.29) is 0 Å². The highest BCUT2D eigenvalue weighted by Gasteiger charge is 2.32. The van der Waals surface area contributed by atoms with Crippen LogP contribution in [0.4, 0.5) is 0 Å². The Hall–Kier alpha value is -1.56. The first-order valence-electron chi connectivity index (χ1n) is 7.18. The van der Waals surface area contributed by atoms with Crippen molar-refractivity contribution in [1.29, 1.82) is 0 Å². The van der Waals surface area contributed by atoms with E-state index in [4.69, 9.17) is 0 Å². The van der Waals surface area contributed by atoms with E-state index in [2.05, 4.69) is 63.2 Å². The molecule has 0 fully saturated rings. The van der Waals surface area contributed by atoms with Gasteiger partial charge in [0.2, 0.25) is 0 Å². The van der Waals surface area contributed by atoms with Gasteiger partial charge >= 0.3 is 0 Å². The summed E-state index contributed by atoms with van der Waals surface area (Å²) >= 11 is 0. The summed E-state index contributed by atoms with van der Waals surface area (Å²) < 4.78 is 0. The smallest absolute Gasteiger partial charge is 0.0204 e. The van der Waals surface area contributed by atoms with Crippen molar-refractivity contribution in [2.24, 2.45) is 5.41 Å². The largest absolute Gasteiger partial charge is 0.0620 e. The van der Waals surface area contributed by atoms with E-state index >= 15 is 0 Å². The molecule has 0 unspecified atom stereocenters. The lowest BCUT2D eigenvalue weighted by atomic mass is 9.80. The van der Waals surface area contributed by atoms with Gasteiger partial charge in [0.1, 0.15) is 0 Å². The summed E-state index contributed by atoms with van der Waals surface area (Å²) in [7, 11) is 0. The fraction of sp³-hybridized carbons (Fsp3) is 0.368. The second-order valence-electron chi connectivity index (χ2n) is 6.61. The molecule has 3 rings (SSSR count). The molecule has 0 saturated heterocycles. The molecule has 2 aromatic rings. The van der Waals surface area contributed by atoms with Crippen LogP contribution in [0, 0.1) is 19.3 Å². The number of hydrogen-bond acceptors (Lipinski definition) is 0. The van der Waals surface area contributed by atoms with Crippen LogP contribution in [0.2, 0.25) is 0 Å². The van der Waals surface area contributed by atoms with Gasteiger partial charge in [0.05, 0.1) is 0 Å². The van der Waals surface area contributed by atoms with Crippen LogP contribution in [0.3, 0.4) is 0 Å². The highest BCUT2D eigenvalue weighted by Crippen LogP contribution is 2.39. The first kappa shape index (κ1) is 12.5. The van der Waals surface area contributed by atoms with Crippen molar-refractivity contribution in [1.82, 2.24) is 0 Å². The summed E-state index contributed by atoms with van der Waals surface area (Å²) in [5.74, 6) is 0. The lowest BCUT2D eigenvalue weighted by molar-refractivity contribution is 0.343. The number of benzene rings is 2. The minimum absolute atomic E-state index is 0.393. The molecule has 0 aromatic heterocycles. The minimum Gasteiger partial charge on any atom is -0.0620 e. The fourth-order valence-corrected chi connectivity index (χ4v) is 3.67. The molecule has 1 aliphatic carbocycles. The monoisotopic (exact) mass is 250 g/mol. The quantitative estimate of drug-likeness (QED) is 0.727. The average molecular weight is 250 g/mol. The number of aryl methyl sites for hydroxylation is 2. The van der Waals surface area contributed by atoms with Gasteiger partial charge < -0.3 is 0 Å². The molecular formula is C19H22. The van der Waals surface area contributed by atoms with Gasteiger partial charge in [-0.05, 0) is 55.2 Å². The molecular weight excluding hydrogens is 228 g/mol.